The van der Waals surface area contributed by atoms with Gasteiger partial charge >= 0.3 is 0 Å². The maximum atomic E-state index is 14.0. The highest BCUT2D eigenvalue weighted by Crippen LogP contribution is 2.46. The molecule has 2 saturated heterocycles. The summed E-state index contributed by atoms with van der Waals surface area (Å²) >= 11 is 0. The first kappa shape index (κ1) is 24.6. The van der Waals surface area contributed by atoms with Crippen molar-refractivity contribution in [2.75, 3.05) is 31.1 Å². The molecule has 0 saturated carbocycles. The van der Waals surface area contributed by atoms with Crippen LogP contribution < -0.4 is 9.64 Å². The Labute approximate surface area is 215 Å². The summed E-state index contributed by atoms with van der Waals surface area (Å²) in [7, 11) is 0. The Bertz CT molecular complexity index is 1170. The van der Waals surface area contributed by atoms with E-state index in [1.807, 2.05) is 29.2 Å². The summed E-state index contributed by atoms with van der Waals surface area (Å²) in [6, 6.07) is 16.5. The first-order valence-corrected chi connectivity index (χ1v) is 13.5. The molecule has 4 heteroatoms. The fraction of sp³-hybridized carbons (Fsp3) is 0.406. The number of benzene rings is 2. The van der Waals surface area contributed by atoms with Crippen LogP contribution in [0.3, 0.4) is 0 Å². The Morgan fingerprint density at radius 3 is 2.72 bits per heavy atom. The highest BCUT2D eigenvalue weighted by Gasteiger charge is 2.51. The maximum absolute atomic E-state index is 14.0. The molecule has 36 heavy (non-hydrogen) atoms. The number of carbonyl (C=O) groups excluding carboxylic acids is 1. The van der Waals surface area contributed by atoms with Crippen LogP contribution in [0.5, 0.6) is 5.75 Å². The number of hydrogen-bond acceptors (Lipinski definition) is 3. The van der Waals surface area contributed by atoms with Gasteiger partial charge in [0.05, 0.1) is 5.54 Å². The number of nitrogens with zero attached hydrogens (tertiary/aromatic N) is 2. The lowest BCUT2D eigenvalue weighted by molar-refractivity contribution is -0.114. The number of amides is 1. The third-order valence-corrected chi connectivity index (χ3v) is 7.83. The van der Waals surface area contributed by atoms with E-state index in [9.17, 15) is 4.79 Å². The van der Waals surface area contributed by atoms with Crippen molar-refractivity contribution < 1.29 is 9.53 Å². The van der Waals surface area contributed by atoms with Crippen LogP contribution in [0.4, 0.5) is 5.69 Å². The Kier molecular flexibility index (Phi) is 7.43. The molecule has 0 bridgehead atoms. The van der Waals surface area contributed by atoms with Gasteiger partial charge in [-0.25, -0.2) is 0 Å². The monoisotopic (exact) mass is 482 g/mol. The minimum Gasteiger partial charge on any atom is -0.492 e. The number of carbonyl (C=O) groups is 1. The van der Waals surface area contributed by atoms with Gasteiger partial charge in [0.15, 0.2) is 0 Å². The van der Waals surface area contributed by atoms with Crippen LogP contribution in [0.1, 0.15) is 50.7 Å². The number of anilines is 1. The van der Waals surface area contributed by atoms with E-state index in [1.165, 1.54) is 37.9 Å². The Hall–Kier alpha value is -3.11. The fourth-order valence-corrected chi connectivity index (χ4v) is 5.83. The quantitative estimate of drug-likeness (QED) is 0.337. The Morgan fingerprint density at radius 2 is 1.89 bits per heavy atom. The number of rotatable bonds is 7. The molecule has 2 aromatic rings. The first-order valence-electron chi connectivity index (χ1n) is 13.5. The highest BCUT2D eigenvalue weighted by molar-refractivity contribution is 6.13. The minimum absolute atomic E-state index is 0.0160. The summed E-state index contributed by atoms with van der Waals surface area (Å²) in [5, 5.41) is 0. The molecule has 1 amide bonds. The van der Waals surface area contributed by atoms with Crippen LogP contribution in [-0.2, 0) is 11.2 Å². The standard InChI is InChI=1S/C32H38N2O2/c1-3-25-12-10-13-26(22-25)23-29-30-16-6-4-7-17-32(30,2)34(31(29)35)27-14-11-15-28(24-27)36-21-20-33-18-8-5-9-19-33/h6-7,10-17,22-24,30H,3-5,8-9,18-21H2,1-2H3/b29-23+. The van der Waals surface area contributed by atoms with Crippen molar-refractivity contribution >= 4 is 17.7 Å². The fourth-order valence-electron chi connectivity index (χ4n) is 5.83. The molecule has 0 spiro atoms. The van der Waals surface area contributed by atoms with Crippen molar-refractivity contribution in [3.63, 3.8) is 0 Å². The minimum atomic E-state index is -0.468. The van der Waals surface area contributed by atoms with Crippen molar-refractivity contribution in [1.29, 1.82) is 0 Å². The van der Waals surface area contributed by atoms with Gasteiger partial charge in [-0.3, -0.25) is 14.6 Å². The summed E-state index contributed by atoms with van der Waals surface area (Å²) < 4.78 is 6.16. The summed E-state index contributed by atoms with van der Waals surface area (Å²) in [5.41, 5.74) is 3.61. The number of aryl methyl sites for hydroxylation is 1. The van der Waals surface area contributed by atoms with E-state index < -0.39 is 5.54 Å². The van der Waals surface area contributed by atoms with Crippen molar-refractivity contribution in [2.24, 2.45) is 5.92 Å². The van der Waals surface area contributed by atoms with E-state index in [0.717, 1.165) is 42.0 Å². The molecule has 2 fully saturated rings. The Morgan fingerprint density at radius 1 is 1.06 bits per heavy atom. The van der Waals surface area contributed by atoms with Gasteiger partial charge in [-0.1, -0.05) is 68.0 Å². The molecule has 0 aromatic heterocycles. The van der Waals surface area contributed by atoms with Gasteiger partial charge < -0.3 is 4.74 Å². The smallest absolute Gasteiger partial charge is 0.255 e. The predicted molar refractivity (Wildman–Crippen MR) is 148 cm³/mol. The summed E-state index contributed by atoms with van der Waals surface area (Å²) in [5.74, 6) is 0.863. The van der Waals surface area contributed by atoms with Crippen LogP contribution in [0.25, 0.3) is 6.08 Å². The SMILES string of the molecule is CCc1cccc(/C=C2/C(=O)N(c3cccc(OCCN4CCCCC4)c3)C3(C)C=CCC=CC23)c1. The lowest BCUT2D eigenvalue weighted by Gasteiger charge is -2.35. The molecular weight excluding hydrogens is 444 g/mol. The molecule has 188 valence electrons. The number of ether oxygens (including phenoxy) is 1. The lowest BCUT2D eigenvalue weighted by Crippen LogP contribution is -2.45. The van der Waals surface area contributed by atoms with Gasteiger partial charge in [0.25, 0.3) is 5.91 Å². The summed E-state index contributed by atoms with van der Waals surface area (Å²) in [6.07, 6.45) is 16.6. The van der Waals surface area contributed by atoms with Crippen molar-refractivity contribution in [1.82, 2.24) is 4.90 Å². The van der Waals surface area contributed by atoms with E-state index >= 15 is 0 Å². The third-order valence-electron chi connectivity index (χ3n) is 7.83. The van der Waals surface area contributed by atoms with E-state index in [0.29, 0.717) is 6.61 Å². The predicted octanol–water partition coefficient (Wildman–Crippen LogP) is 6.43. The Balaban J connectivity index is 1.43. The van der Waals surface area contributed by atoms with Crippen LogP contribution in [-0.4, -0.2) is 42.6 Å². The second kappa shape index (κ2) is 10.9. The molecule has 3 aliphatic rings. The highest BCUT2D eigenvalue weighted by atomic mass is 16.5. The molecule has 2 heterocycles. The van der Waals surface area contributed by atoms with E-state index in [1.54, 1.807) is 0 Å². The van der Waals surface area contributed by atoms with Crippen molar-refractivity contribution in [3.8, 4) is 5.75 Å². The van der Waals surface area contributed by atoms with Gasteiger partial charge in [-0.05, 0) is 75.0 Å². The normalized spacial score (nSPS) is 25.3. The number of hydrogen-bond donors (Lipinski definition) is 0. The van der Waals surface area contributed by atoms with Crippen LogP contribution in [0, 0.1) is 5.92 Å². The van der Waals surface area contributed by atoms with Crippen LogP contribution in [0.15, 0.2) is 78.4 Å². The topological polar surface area (TPSA) is 32.8 Å². The molecule has 0 radical (unpaired) electrons. The van der Waals surface area contributed by atoms with Crippen molar-refractivity contribution in [2.45, 2.75) is 51.5 Å². The van der Waals surface area contributed by atoms with Gasteiger partial charge in [0.2, 0.25) is 0 Å². The first-order chi connectivity index (χ1) is 17.6. The molecule has 2 unspecified atom stereocenters. The zero-order valence-electron chi connectivity index (χ0n) is 21.7. The third kappa shape index (κ3) is 5.05. The number of likely N-dealkylation sites (tertiary alicyclic amines) is 1. The molecule has 1 aliphatic carbocycles. The molecule has 2 atom stereocenters. The zero-order chi connectivity index (χ0) is 25.0. The average Bonchev–Trinajstić information content (AvgIpc) is 3.00. The van der Waals surface area contributed by atoms with Crippen molar-refractivity contribution in [3.05, 3.63) is 89.5 Å². The molecular formula is C32H38N2O2. The van der Waals surface area contributed by atoms with Gasteiger partial charge in [0, 0.05) is 29.8 Å². The number of piperidine rings is 1. The van der Waals surface area contributed by atoms with E-state index in [-0.39, 0.29) is 11.8 Å². The largest absolute Gasteiger partial charge is 0.492 e. The van der Waals surface area contributed by atoms with Crippen LogP contribution >= 0.6 is 0 Å². The zero-order valence-corrected chi connectivity index (χ0v) is 21.7. The molecule has 4 nitrogen and oxygen atoms in total. The van der Waals surface area contributed by atoms with Crippen LogP contribution in [0.2, 0.25) is 0 Å². The molecule has 2 aliphatic heterocycles. The molecule has 0 N–H and O–H groups in total. The second-order valence-corrected chi connectivity index (χ2v) is 10.4. The maximum Gasteiger partial charge on any atom is 0.255 e. The van der Waals surface area contributed by atoms with E-state index in [2.05, 4.69) is 73.4 Å². The van der Waals surface area contributed by atoms with Gasteiger partial charge in [-0.15, -0.1) is 0 Å². The molecule has 5 rings (SSSR count). The number of allylic oxidation sites excluding steroid dienone is 2. The number of fused-ring (bicyclic) bond motifs is 1. The van der Waals surface area contributed by atoms with Gasteiger partial charge in [0.1, 0.15) is 12.4 Å². The van der Waals surface area contributed by atoms with Gasteiger partial charge in [-0.2, -0.15) is 0 Å². The lowest BCUT2D eigenvalue weighted by atomic mass is 9.83. The average molecular weight is 483 g/mol. The summed E-state index contributed by atoms with van der Waals surface area (Å²) in [6.45, 7) is 8.28. The summed E-state index contributed by atoms with van der Waals surface area (Å²) in [4.78, 5) is 18.5. The van der Waals surface area contributed by atoms with E-state index in [4.69, 9.17) is 4.74 Å². The molecule has 2 aromatic carbocycles. The second-order valence-electron chi connectivity index (χ2n) is 10.4.